The minimum absolute atomic E-state index is 0.0351. The third-order valence-corrected chi connectivity index (χ3v) is 5.92. The maximum absolute atomic E-state index is 12.5. The van der Waals surface area contributed by atoms with E-state index in [1.165, 1.54) is 36.6 Å². The van der Waals surface area contributed by atoms with E-state index in [2.05, 4.69) is 5.32 Å². The Hall–Kier alpha value is -1.32. The van der Waals surface area contributed by atoms with Crippen LogP contribution in [0.15, 0.2) is 23.1 Å². The summed E-state index contributed by atoms with van der Waals surface area (Å²) in [5.74, 6) is 0.668. The summed E-state index contributed by atoms with van der Waals surface area (Å²) in [6.07, 6.45) is 1.90. The molecule has 0 aliphatic carbocycles. The highest BCUT2D eigenvalue weighted by Crippen LogP contribution is 2.28. The predicted molar refractivity (Wildman–Crippen MR) is 85.4 cm³/mol. The fourth-order valence-electron chi connectivity index (χ4n) is 1.78. The molecule has 9 heteroatoms. The normalized spacial score (nSPS) is 13.2. The fraction of sp³-hybridized carbons (Fsp3) is 0.500. The van der Waals surface area contributed by atoms with Gasteiger partial charge in [-0.25, -0.2) is 8.42 Å². The van der Waals surface area contributed by atoms with Gasteiger partial charge in [0.05, 0.1) is 9.82 Å². The van der Waals surface area contributed by atoms with E-state index in [1.54, 1.807) is 11.8 Å². The van der Waals surface area contributed by atoms with Crippen LogP contribution >= 0.6 is 11.8 Å². The van der Waals surface area contributed by atoms with Gasteiger partial charge < -0.3 is 5.32 Å². The summed E-state index contributed by atoms with van der Waals surface area (Å²) in [6.45, 7) is 1.82. The van der Waals surface area contributed by atoms with Crippen LogP contribution in [0.2, 0.25) is 0 Å². The van der Waals surface area contributed by atoms with Crippen LogP contribution in [0.1, 0.15) is 6.92 Å². The summed E-state index contributed by atoms with van der Waals surface area (Å²) in [5.41, 5.74) is 0.0169. The second-order valence-electron chi connectivity index (χ2n) is 4.51. The minimum atomic E-state index is -3.68. The van der Waals surface area contributed by atoms with Crippen molar-refractivity contribution in [2.24, 2.45) is 0 Å². The molecule has 0 fully saturated rings. The smallest absolute Gasteiger partial charge is 0.292 e. The number of nitrogens with zero attached hydrogens (tertiary/aromatic N) is 2. The summed E-state index contributed by atoms with van der Waals surface area (Å²) in [6, 6.07) is 3.58. The second-order valence-corrected chi connectivity index (χ2v) is 7.42. The van der Waals surface area contributed by atoms with Gasteiger partial charge in [-0.2, -0.15) is 16.1 Å². The molecule has 0 saturated carbocycles. The van der Waals surface area contributed by atoms with Crippen molar-refractivity contribution >= 4 is 33.2 Å². The standard InChI is InChI=1S/C12H19N3O4S2/c1-9(8-20-4)14(3)21(18,19)10-5-6-12(15(16)17)11(7-10)13-2/h5-7,9,13H,8H2,1-4H3. The van der Waals surface area contributed by atoms with Gasteiger partial charge in [-0.3, -0.25) is 10.1 Å². The molecule has 1 rings (SSSR count). The lowest BCUT2D eigenvalue weighted by Crippen LogP contribution is -2.36. The van der Waals surface area contributed by atoms with Crippen molar-refractivity contribution in [3.8, 4) is 0 Å². The van der Waals surface area contributed by atoms with Crippen molar-refractivity contribution in [1.29, 1.82) is 0 Å². The number of rotatable bonds is 7. The van der Waals surface area contributed by atoms with Crippen LogP contribution < -0.4 is 5.32 Å². The largest absolute Gasteiger partial charge is 0.383 e. The van der Waals surface area contributed by atoms with E-state index in [0.29, 0.717) is 5.75 Å². The molecule has 0 heterocycles. The number of nitrogens with one attached hydrogen (secondary N) is 1. The fourth-order valence-corrected chi connectivity index (χ4v) is 3.97. The van der Waals surface area contributed by atoms with E-state index >= 15 is 0 Å². The van der Waals surface area contributed by atoms with Crippen molar-refractivity contribution in [3.05, 3.63) is 28.3 Å². The van der Waals surface area contributed by atoms with Crippen LogP contribution in [0.4, 0.5) is 11.4 Å². The van der Waals surface area contributed by atoms with Crippen molar-refractivity contribution in [2.45, 2.75) is 17.9 Å². The molecule has 7 nitrogen and oxygen atoms in total. The zero-order chi connectivity index (χ0) is 16.2. The number of nitro groups is 1. The van der Waals surface area contributed by atoms with Gasteiger partial charge >= 0.3 is 0 Å². The molecular formula is C12H19N3O4S2. The van der Waals surface area contributed by atoms with Crippen LogP contribution in [0.3, 0.4) is 0 Å². The summed E-state index contributed by atoms with van der Waals surface area (Å²) in [5, 5.41) is 13.5. The van der Waals surface area contributed by atoms with E-state index in [-0.39, 0.29) is 22.3 Å². The molecule has 0 aliphatic heterocycles. The molecule has 1 atom stereocenters. The number of benzene rings is 1. The average Bonchev–Trinajstić information content (AvgIpc) is 2.45. The Kier molecular flexibility index (Phi) is 5.99. The Morgan fingerprint density at radius 2 is 2.10 bits per heavy atom. The third kappa shape index (κ3) is 3.86. The molecule has 1 N–H and O–H groups in total. The summed E-state index contributed by atoms with van der Waals surface area (Å²) < 4.78 is 26.3. The van der Waals surface area contributed by atoms with Gasteiger partial charge in [0.1, 0.15) is 5.69 Å². The van der Waals surface area contributed by atoms with Crippen molar-refractivity contribution in [1.82, 2.24) is 4.31 Å². The summed E-state index contributed by atoms with van der Waals surface area (Å²) in [4.78, 5) is 10.4. The van der Waals surface area contributed by atoms with Crippen LogP contribution in [0.5, 0.6) is 0 Å². The van der Waals surface area contributed by atoms with Gasteiger partial charge in [-0.15, -0.1) is 0 Å². The minimum Gasteiger partial charge on any atom is -0.383 e. The first kappa shape index (κ1) is 17.7. The quantitative estimate of drug-likeness (QED) is 0.606. The molecule has 0 bridgehead atoms. The molecule has 0 spiro atoms. The van der Waals surface area contributed by atoms with Gasteiger partial charge in [0.2, 0.25) is 10.0 Å². The molecule has 0 aromatic heterocycles. The highest BCUT2D eigenvalue weighted by atomic mass is 32.2. The molecule has 0 radical (unpaired) electrons. The van der Waals surface area contributed by atoms with Crippen LogP contribution in [0.25, 0.3) is 0 Å². The Morgan fingerprint density at radius 1 is 1.48 bits per heavy atom. The molecule has 1 unspecified atom stereocenters. The lowest BCUT2D eigenvalue weighted by molar-refractivity contribution is -0.384. The third-order valence-electron chi connectivity index (χ3n) is 3.14. The number of anilines is 1. The highest BCUT2D eigenvalue weighted by Gasteiger charge is 2.27. The Morgan fingerprint density at radius 3 is 2.57 bits per heavy atom. The van der Waals surface area contributed by atoms with Crippen molar-refractivity contribution in [3.63, 3.8) is 0 Å². The Bertz CT molecular complexity index is 619. The first-order valence-corrected chi connectivity index (χ1v) is 9.02. The van der Waals surface area contributed by atoms with Gasteiger partial charge in [-0.05, 0) is 25.3 Å². The van der Waals surface area contributed by atoms with Crippen molar-refractivity contribution in [2.75, 3.05) is 31.4 Å². The maximum Gasteiger partial charge on any atom is 0.292 e. The van der Waals surface area contributed by atoms with Crippen LogP contribution in [-0.2, 0) is 10.0 Å². The second kappa shape index (κ2) is 7.10. The zero-order valence-corrected chi connectivity index (χ0v) is 14.0. The number of hydrogen-bond acceptors (Lipinski definition) is 6. The van der Waals surface area contributed by atoms with Gasteiger partial charge in [0.15, 0.2) is 0 Å². The summed E-state index contributed by atoms with van der Waals surface area (Å²) in [7, 11) is -0.655. The van der Waals surface area contributed by atoms with Crippen LogP contribution in [-0.4, -0.2) is 49.8 Å². The van der Waals surface area contributed by atoms with Gasteiger partial charge in [0.25, 0.3) is 5.69 Å². The topological polar surface area (TPSA) is 92.6 Å². The highest BCUT2D eigenvalue weighted by molar-refractivity contribution is 7.98. The predicted octanol–water partition coefficient (Wildman–Crippen LogP) is 2.01. The maximum atomic E-state index is 12.5. The van der Waals surface area contributed by atoms with E-state index in [0.717, 1.165) is 0 Å². The molecular weight excluding hydrogens is 314 g/mol. The van der Waals surface area contributed by atoms with Crippen molar-refractivity contribution < 1.29 is 13.3 Å². The molecule has 0 saturated heterocycles. The number of thioether (sulfide) groups is 1. The van der Waals surface area contributed by atoms with Crippen LogP contribution in [0, 0.1) is 10.1 Å². The molecule has 0 amide bonds. The SMILES string of the molecule is CNc1cc(S(=O)(=O)N(C)C(C)CSC)ccc1[N+](=O)[O-]. The van der Waals surface area contributed by atoms with Gasteiger partial charge in [-0.1, -0.05) is 0 Å². The number of hydrogen-bond donors (Lipinski definition) is 1. The molecule has 0 aliphatic rings. The Labute approximate surface area is 128 Å². The molecule has 118 valence electrons. The first-order chi connectivity index (χ1) is 9.75. The number of sulfonamides is 1. The first-order valence-electron chi connectivity index (χ1n) is 6.18. The number of nitro benzene ring substituents is 1. The lowest BCUT2D eigenvalue weighted by Gasteiger charge is -2.23. The lowest BCUT2D eigenvalue weighted by atomic mass is 10.3. The molecule has 21 heavy (non-hydrogen) atoms. The zero-order valence-electron chi connectivity index (χ0n) is 12.4. The van der Waals surface area contributed by atoms with E-state index in [1.807, 2.05) is 13.2 Å². The monoisotopic (exact) mass is 333 g/mol. The van der Waals surface area contributed by atoms with Gasteiger partial charge in [0, 0.05) is 32.0 Å². The van der Waals surface area contributed by atoms with E-state index < -0.39 is 14.9 Å². The summed E-state index contributed by atoms with van der Waals surface area (Å²) >= 11 is 1.56. The average molecular weight is 333 g/mol. The van der Waals surface area contributed by atoms with E-state index in [4.69, 9.17) is 0 Å². The molecule has 1 aromatic carbocycles. The molecule has 1 aromatic rings. The Balaban J connectivity index is 3.23. The van der Waals surface area contributed by atoms with E-state index in [9.17, 15) is 18.5 Å².